The maximum Gasteiger partial charge on any atom is 0.324 e. The van der Waals surface area contributed by atoms with E-state index in [1.807, 2.05) is 102 Å². The van der Waals surface area contributed by atoms with E-state index in [1.54, 1.807) is 23.9 Å². The number of rotatable bonds is 7. The van der Waals surface area contributed by atoms with Crippen molar-refractivity contribution in [2.45, 2.75) is 38.9 Å². The van der Waals surface area contributed by atoms with Gasteiger partial charge in [-0.15, -0.1) is 0 Å². The Kier molecular flexibility index (Phi) is 10.5. The highest BCUT2D eigenvalue weighted by molar-refractivity contribution is 6.08. The molecular weight excluding hydrogens is 701 g/mol. The van der Waals surface area contributed by atoms with Crippen LogP contribution in [-0.2, 0) is 37.7 Å². The molecule has 0 radical (unpaired) electrons. The van der Waals surface area contributed by atoms with E-state index in [4.69, 9.17) is 4.74 Å². The van der Waals surface area contributed by atoms with Crippen LogP contribution < -0.4 is 9.80 Å². The number of carbonyl (C=O) groups excluding carboxylic acids is 3. The quantitative estimate of drug-likeness (QED) is 0.183. The molecule has 3 aliphatic heterocycles. The normalized spacial score (nSPS) is 16.9. The Morgan fingerprint density at radius 3 is 2.05 bits per heavy atom. The molecule has 1 fully saturated rings. The van der Waals surface area contributed by atoms with Gasteiger partial charge in [-0.1, -0.05) is 60.7 Å². The molecule has 56 heavy (non-hydrogen) atoms. The molecule has 4 amide bonds. The molecule has 5 aromatic rings. The molecule has 1 atom stereocenters. The number of amides is 4. The number of aromatic nitrogens is 1. The third-order valence-corrected chi connectivity index (χ3v) is 12.0. The van der Waals surface area contributed by atoms with Crippen molar-refractivity contribution in [2.75, 3.05) is 63.3 Å². The van der Waals surface area contributed by atoms with Gasteiger partial charge in [0.15, 0.2) is 0 Å². The van der Waals surface area contributed by atoms with E-state index in [9.17, 15) is 9.59 Å². The molecule has 10 heteroatoms. The van der Waals surface area contributed by atoms with E-state index in [-0.39, 0.29) is 23.9 Å². The van der Waals surface area contributed by atoms with Crippen molar-refractivity contribution >= 4 is 29.2 Å². The van der Waals surface area contributed by atoms with Gasteiger partial charge in [-0.25, -0.2) is 4.79 Å². The first-order valence-corrected chi connectivity index (χ1v) is 19.6. The number of urea groups is 1. The highest BCUT2D eigenvalue weighted by atomic mass is 16.5. The van der Waals surface area contributed by atoms with Gasteiger partial charge in [0.1, 0.15) is 0 Å². The fraction of sp³-hybridized carbons (Fsp3) is 0.326. The summed E-state index contributed by atoms with van der Waals surface area (Å²) in [5.41, 5.74) is 9.73. The summed E-state index contributed by atoms with van der Waals surface area (Å²) in [5, 5.41) is 0. The Bertz CT molecular complexity index is 2250. The first-order chi connectivity index (χ1) is 27.2. The Balaban J connectivity index is 1.20. The molecule has 0 aliphatic carbocycles. The predicted octanol–water partition coefficient (Wildman–Crippen LogP) is 6.79. The van der Waals surface area contributed by atoms with E-state index in [0.29, 0.717) is 50.4 Å². The second-order valence-electron chi connectivity index (χ2n) is 15.3. The minimum Gasteiger partial charge on any atom is -0.379 e. The van der Waals surface area contributed by atoms with Gasteiger partial charge in [-0.05, 0) is 84.5 Å². The molecule has 3 aliphatic rings. The fourth-order valence-corrected chi connectivity index (χ4v) is 8.48. The van der Waals surface area contributed by atoms with Gasteiger partial charge >= 0.3 is 6.03 Å². The minimum atomic E-state index is -0.115. The Labute approximate surface area is 329 Å². The molecule has 8 rings (SSSR count). The lowest BCUT2D eigenvalue weighted by molar-refractivity contribution is 0.0193. The van der Waals surface area contributed by atoms with Crippen LogP contribution in [-0.4, -0.2) is 96.6 Å². The second-order valence-corrected chi connectivity index (χ2v) is 15.3. The summed E-state index contributed by atoms with van der Waals surface area (Å²) < 4.78 is 7.70. The molecule has 0 unspecified atom stereocenters. The van der Waals surface area contributed by atoms with E-state index in [0.717, 1.165) is 71.1 Å². The standard InChI is InChI=1S/C46H50N6O4/c1-32-40(44(53)48(3)37-15-7-5-8-16-37)28-43(47(32)2)41-26-34-19-20-51(46(55)49(4)38-17-9-6-10-18-38)29-36(34)27-42(41)45(54)52-30-35-14-12-11-13-33(35)25-39(52)31-50-21-23-56-24-22-50/h5-18,26-28,39H,19-25,29-31H2,1-4H3/t39-/m0/s1. The number of hydrogen-bond acceptors (Lipinski definition) is 5. The molecule has 0 N–H and O–H groups in total. The van der Waals surface area contributed by atoms with Crippen molar-refractivity contribution < 1.29 is 19.1 Å². The molecule has 4 heterocycles. The van der Waals surface area contributed by atoms with Crippen LogP contribution in [0.5, 0.6) is 0 Å². The van der Waals surface area contributed by atoms with Crippen LogP contribution >= 0.6 is 0 Å². The predicted molar refractivity (Wildman–Crippen MR) is 220 cm³/mol. The fourth-order valence-electron chi connectivity index (χ4n) is 8.48. The first kappa shape index (κ1) is 37.2. The highest BCUT2D eigenvalue weighted by Crippen LogP contribution is 2.36. The average molecular weight is 751 g/mol. The van der Waals surface area contributed by atoms with Gasteiger partial charge in [-0.2, -0.15) is 0 Å². The topological polar surface area (TPSA) is 81.6 Å². The number of hydrogen-bond donors (Lipinski definition) is 0. The Morgan fingerprint density at radius 2 is 1.36 bits per heavy atom. The molecule has 0 spiro atoms. The number of fused-ring (bicyclic) bond motifs is 2. The van der Waals surface area contributed by atoms with Crippen LogP contribution in [0.15, 0.2) is 103 Å². The Morgan fingerprint density at radius 1 is 0.714 bits per heavy atom. The van der Waals surface area contributed by atoms with Crippen LogP contribution in [0.4, 0.5) is 16.2 Å². The lowest BCUT2D eigenvalue weighted by Gasteiger charge is -2.41. The highest BCUT2D eigenvalue weighted by Gasteiger charge is 2.35. The molecular formula is C46H50N6O4. The van der Waals surface area contributed by atoms with E-state index < -0.39 is 0 Å². The SMILES string of the molecule is Cc1c(C(=O)N(C)c2ccccc2)cc(-c2cc3c(cc2C(=O)N2Cc4ccccc4C[C@H]2CN2CCOCC2)CN(C(=O)N(C)c2ccccc2)CC3)n1C. The van der Waals surface area contributed by atoms with Gasteiger partial charge in [0, 0.05) is 100 Å². The summed E-state index contributed by atoms with van der Waals surface area (Å²) in [6.07, 6.45) is 1.41. The van der Waals surface area contributed by atoms with Crippen LogP contribution in [0.25, 0.3) is 11.3 Å². The zero-order chi connectivity index (χ0) is 38.9. The number of para-hydroxylation sites is 2. The molecule has 1 saturated heterocycles. The molecule has 1 aromatic heterocycles. The van der Waals surface area contributed by atoms with E-state index in [2.05, 4.69) is 34.1 Å². The van der Waals surface area contributed by atoms with Crippen LogP contribution in [0, 0.1) is 6.92 Å². The summed E-state index contributed by atoms with van der Waals surface area (Å²) in [6, 6.07) is 33.7. The molecule has 0 saturated carbocycles. The van der Waals surface area contributed by atoms with Gasteiger partial charge in [0.2, 0.25) is 0 Å². The lowest BCUT2D eigenvalue weighted by Crippen LogP contribution is -2.52. The van der Waals surface area contributed by atoms with Crippen molar-refractivity contribution in [2.24, 2.45) is 7.05 Å². The number of ether oxygens (including phenoxy) is 1. The monoisotopic (exact) mass is 750 g/mol. The largest absolute Gasteiger partial charge is 0.379 e. The smallest absolute Gasteiger partial charge is 0.324 e. The zero-order valence-electron chi connectivity index (χ0n) is 32.8. The third kappa shape index (κ3) is 7.22. The molecule has 0 bridgehead atoms. The maximum absolute atomic E-state index is 15.4. The van der Waals surface area contributed by atoms with Crippen LogP contribution in [0.1, 0.15) is 48.7 Å². The van der Waals surface area contributed by atoms with Gasteiger partial charge < -0.3 is 24.0 Å². The van der Waals surface area contributed by atoms with E-state index >= 15 is 4.79 Å². The van der Waals surface area contributed by atoms with Crippen molar-refractivity contribution in [1.82, 2.24) is 19.3 Å². The summed E-state index contributed by atoms with van der Waals surface area (Å²) in [4.78, 5) is 53.0. The van der Waals surface area contributed by atoms with Gasteiger partial charge in [0.05, 0.1) is 18.8 Å². The van der Waals surface area contributed by atoms with Crippen LogP contribution in [0.2, 0.25) is 0 Å². The zero-order valence-corrected chi connectivity index (χ0v) is 32.8. The van der Waals surface area contributed by atoms with Crippen molar-refractivity contribution in [3.05, 3.63) is 142 Å². The van der Waals surface area contributed by atoms with Crippen LogP contribution in [0.3, 0.4) is 0 Å². The third-order valence-electron chi connectivity index (χ3n) is 12.0. The van der Waals surface area contributed by atoms with Crippen molar-refractivity contribution in [3.8, 4) is 11.3 Å². The molecule has 10 nitrogen and oxygen atoms in total. The van der Waals surface area contributed by atoms with Crippen molar-refractivity contribution in [3.63, 3.8) is 0 Å². The first-order valence-electron chi connectivity index (χ1n) is 19.6. The summed E-state index contributed by atoms with van der Waals surface area (Å²) in [6.45, 7) is 7.22. The summed E-state index contributed by atoms with van der Waals surface area (Å²) in [5.74, 6) is -0.162. The average Bonchev–Trinajstić information content (AvgIpc) is 3.54. The number of carbonyl (C=O) groups is 3. The molecule has 4 aromatic carbocycles. The molecule has 288 valence electrons. The number of nitrogens with zero attached hydrogens (tertiary/aromatic N) is 6. The summed E-state index contributed by atoms with van der Waals surface area (Å²) in [7, 11) is 5.57. The summed E-state index contributed by atoms with van der Waals surface area (Å²) >= 11 is 0. The van der Waals surface area contributed by atoms with Gasteiger partial charge in [-0.3, -0.25) is 19.4 Å². The Hall–Kier alpha value is -5.71. The number of morpholine rings is 1. The minimum absolute atomic E-state index is 0.0382. The number of benzene rings is 4. The number of anilines is 2. The maximum atomic E-state index is 15.4. The van der Waals surface area contributed by atoms with Crippen molar-refractivity contribution in [1.29, 1.82) is 0 Å². The van der Waals surface area contributed by atoms with E-state index in [1.165, 1.54) is 5.56 Å². The second kappa shape index (κ2) is 15.8. The van der Waals surface area contributed by atoms with Gasteiger partial charge in [0.25, 0.3) is 11.8 Å². The lowest BCUT2D eigenvalue weighted by atomic mass is 9.89.